The Hall–Kier alpha value is -4.21. The predicted molar refractivity (Wildman–Crippen MR) is 103 cm³/mol. The number of carbonyl (C=O) groups is 2. The van der Waals surface area contributed by atoms with Crippen LogP contribution in [0.5, 0.6) is 0 Å². The van der Waals surface area contributed by atoms with E-state index in [0.29, 0.717) is 17.1 Å². The second kappa shape index (κ2) is 7.99. The molecule has 3 amide bonds. The Morgan fingerprint density at radius 3 is 2.32 bits per heavy atom. The van der Waals surface area contributed by atoms with Gasteiger partial charge in [0.15, 0.2) is 0 Å². The number of hydrogen-bond donors (Lipinski definition) is 3. The minimum absolute atomic E-state index is 0.142. The predicted octanol–water partition coefficient (Wildman–Crippen LogP) is 2.78. The summed E-state index contributed by atoms with van der Waals surface area (Å²) < 4.78 is 1.50. The van der Waals surface area contributed by atoms with Crippen LogP contribution < -0.4 is 16.0 Å². The van der Waals surface area contributed by atoms with E-state index in [9.17, 15) is 19.7 Å². The Labute approximate surface area is 159 Å². The van der Waals surface area contributed by atoms with Crippen molar-refractivity contribution in [3.63, 3.8) is 0 Å². The molecular formula is C18H16N6O4. The van der Waals surface area contributed by atoms with Crippen molar-refractivity contribution >= 4 is 29.0 Å². The molecule has 0 aliphatic heterocycles. The van der Waals surface area contributed by atoms with Crippen molar-refractivity contribution in [1.29, 1.82) is 0 Å². The minimum atomic E-state index is -0.550. The molecule has 0 atom stereocenters. The zero-order chi connectivity index (χ0) is 20.1. The van der Waals surface area contributed by atoms with Crippen molar-refractivity contribution in [3.05, 3.63) is 76.9 Å². The molecule has 0 aliphatic carbocycles. The molecule has 0 fully saturated rings. The van der Waals surface area contributed by atoms with E-state index >= 15 is 0 Å². The number of amides is 3. The lowest BCUT2D eigenvalue weighted by molar-refractivity contribution is -0.384. The lowest BCUT2D eigenvalue weighted by atomic mass is 10.1. The minimum Gasteiger partial charge on any atom is -0.341 e. The summed E-state index contributed by atoms with van der Waals surface area (Å²) in [5.41, 5.74) is 1.27. The van der Waals surface area contributed by atoms with Crippen molar-refractivity contribution in [2.45, 2.75) is 0 Å². The summed E-state index contributed by atoms with van der Waals surface area (Å²) in [6.07, 6.45) is 4.53. The van der Waals surface area contributed by atoms with Crippen LogP contribution in [0.25, 0.3) is 5.69 Å². The molecule has 10 nitrogen and oxygen atoms in total. The fourth-order valence-corrected chi connectivity index (χ4v) is 2.46. The Morgan fingerprint density at radius 1 is 1.07 bits per heavy atom. The fourth-order valence-electron chi connectivity index (χ4n) is 2.46. The van der Waals surface area contributed by atoms with Crippen molar-refractivity contribution < 1.29 is 14.5 Å². The van der Waals surface area contributed by atoms with Crippen LogP contribution in [0.1, 0.15) is 10.4 Å². The Bertz CT molecular complexity index is 1020. The number of anilines is 2. The third kappa shape index (κ3) is 4.12. The van der Waals surface area contributed by atoms with Gasteiger partial charge in [0.05, 0.1) is 11.3 Å². The van der Waals surface area contributed by atoms with E-state index in [4.69, 9.17) is 0 Å². The van der Waals surface area contributed by atoms with Crippen LogP contribution in [0.2, 0.25) is 0 Å². The Balaban J connectivity index is 1.78. The average Bonchev–Trinajstić information content (AvgIpc) is 3.23. The van der Waals surface area contributed by atoms with Gasteiger partial charge in [-0.15, -0.1) is 0 Å². The van der Waals surface area contributed by atoms with E-state index in [1.807, 2.05) is 0 Å². The topological polar surface area (TPSA) is 131 Å². The summed E-state index contributed by atoms with van der Waals surface area (Å²) in [5.74, 6) is -0.493. The monoisotopic (exact) mass is 380 g/mol. The van der Waals surface area contributed by atoms with Crippen LogP contribution >= 0.6 is 0 Å². The zero-order valence-electron chi connectivity index (χ0n) is 14.7. The van der Waals surface area contributed by atoms with Crippen LogP contribution in [0.4, 0.5) is 21.9 Å². The van der Waals surface area contributed by atoms with Crippen molar-refractivity contribution in [1.82, 2.24) is 14.9 Å². The number of nitro groups is 1. The number of nitrogens with zero attached hydrogens (tertiary/aromatic N) is 3. The lowest BCUT2D eigenvalue weighted by Crippen LogP contribution is -2.24. The van der Waals surface area contributed by atoms with Crippen LogP contribution in [-0.4, -0.2) is 33.5 Å². The molecule has 0 saturated heterocycles. The molecule has 0 radical (unpaired) electrons. The van der Waals surface area contributed by atoms with E-state index in [-0.39, 0.29) is 17.3 Å². The first-order valence-corrected chi connectivity index (χ1v) is 8.15. The number of benzene rings is 2. The number of urea groups is 1. The van der Waals surface area contributed by atoms with Crippen LogP contribution in [0.3, 0.4) is 0 Å². The second-order valence-electron chi connectivity index (χ2n) is 5.67. The Kier molecular flexibility index (Phi) is 5.30. The smallest absolute Gasteiger partial charge is 0.318 e. The summed E-state index contributed by atoms with van der Waals surface area (Å²) in [5, 5.41) is 19.1. The normalized spacial score (nSPS) is 10.2. The molecule has 1 aromatic heterocycles. The van der Waals surface area contributed by atoms with E-state index < -0.39 is 10.8 Å². The number of hydrogen-bond acceptors (Lipinski definition) is 5. The van der Waals surface area contributed by atoms with Gasteiger partial charge in [-0.2, -0.15) is 0 Å². The van der Waals surface area contributed by atoms with Gasteiger partial charge >= 0.3 is 6.03 Å². The molecule has 0 bridgehead atoms. The molecule has 3 aromatic rings. The highest BCUT2D eigenvalue weighted by atomic mass is 16.6. The van der Waals surface area contributed by atoms with Crippen molar-refractivity contribution in [2.24, 2.45) is 0 Å². The van der Waals surface area contributed by atoms with Gasteiger partial charge in [-0.1, -0.05) is 0 Å². The molecule has 10 heteroatoms. The first kappa shape index (κ1) is 18.6. The van der Waals surface area contributed by atoms with E-state index in [1.54, 1.807) is 30.5 Å². The molecule has 2 aromatic carbocycles. The number of nitrogens with one attached hydrogen (secondary N) is 3. The summed E-state index contributed by atoms with van der Waals surface area (Å²) in [6.45, 7) is 0. The maximum absolute atomic E-state index is 12.5. The summed E-state index contributed by atoms with van der Waals surface area (Å²) in [7, 11) is 1.50. The fraction of sp³-hybridized carbons (Fsp3) is 0.0556. The highest BCUT2D eigenvalue weighted by Gasteiger charge is 2.19. The van der Waals surface area contributed by atoms with Gasteiger partial charge < -0.3 is 20.5 Å². The van der Waals surface area contributed by atoms with Crippen LogP contribution in [0, 0.1) is 10.1 Å². The van der Waals surface area contributed by atoms with Gasteiger partial charge in [0.25, 0.3) is 11.6 Å². The number of aromatic nitrogens is 2. The first-order chi connectivity index (χ1) is 13.5. The molecule has 1 heterocycles. The van der Waals surface area contributed by atoms with E-state index in [1.165, 1.54) is 42.3 Å². The van der Waals surface area contributed by atoms with Crippen LogP contribution in [0.15, 0.2) is 61.2 Å². The van der Waals surface area contributed by atoms with Crippen molar-refractivity contribution in [3.8, 4) is 5.69 Å². The molecule has 0 unspecified atom stereocenters. The van der Waals surface area contributed by atoms with Gasteiger partial charge in [0.2, 0.25) is 0 Å². The Morgan fingerprint density at radius 2 is 1.75 bits per heavy atom. The van der Waals surface area contributed by atoms with E-state index in [0.717, 1.165) is 0 Å². The van der Waals surface area contributed by atoms with Gasteiger partial charge in [0, 0.05) is 42.4 Å². The molecule has 28 heavy (non-hydrogen) atoms. The largest absolute Gasteiger partial charge is 0.341 e. The quantitative estimate of drug-likeness (QED) is 0.463. The SMILES string of the molecule is CNC(=O)Nc1ccc(NC(=O)c2ccc(-n3ccnc3)c([N+](=O)[O-])c2)cc1. The highest BCUT2D eigenvalue weighted by Crippen LogP contribution is 2.25. The van der Waals surface area contributed by atoms with Gasteiger partial charge in [-0.3, -0.25) is 14.9 Å². The maximum Gasteiger partial charge on any atom is 0.318 e. The molecule has 0 saturated carbocycles. The third-order valence-corrected chi connectivity index (χ3v) is 3.84. The highest BCUT2D eigenvalue weighted by molar-refractivity contribution is 6.05. The lowest BCUT2D eigenvalue weighted by Gasteiger charge is -2.09. The zero-order valence-corrected chi connectivity index (χ0v) is 14.7. The molecular weight excluding hydrogens is 364 g/mol. The molecule has 3 N–H and O–H groups in total. The van der Waals surface area contributed by atoms with Gasteiger partial charge in [-0.25, -0.2) is 9.78 Å². The standard InChI is InChI=1S/C18H16N6O4/c1-19-18(26)22-14-5-3-13(4-6-14)21-17(25)12-2-7-15(16(10-12)24(27)28)23-9-8-20-11-23/h2-11H,1H3,(H,21,25)(H2,19,22,26). The van der Waals surface area contributed by atoms with E-state index in [2.05, 4.69) is 20.9 Å². The molecule has 0 aliphatic rings. The second-order valence-corrected chi connectivity index (χ2v) is 5.67. The summed E-state index contributed by atoms with van der Waals surface area (Å²) in [6, 6.07) is 10.3. The maximum atomic E-state index is 12.5. The number of rotatable bonds is 5. The summed E-state index contributed by atoms with van der Waals surface area (Å²) in [4.78, 5) is 38.5. The molecule has 0 spiro atoms. The van der Waals surface area contributed by atoms with Gasteiger partial charge in [0.1, 0.15) is 5.69 Å². The average molecular weight is 380 g/mol. The van der Waals surface area contributed by atoms with Crippen molar-refractivity contribution in [2.75, 3.05) is 17.7 Å². The number of imidazole rings is 1. The van der Waals surface area contributed by atoms with Gasteiger partial charge in [-0.05, 0) is 36.4 Å². The molecule has 142 valence electrons. The third-order valence-electron chi connectivity index (χ3n) is 3.84. The number of carbonyl (C=O) groups excluding carboxylic acids is 2. The van der Waals surface area contributed by atoms with Crippen LogP contribution in [-0.2, 0) is 0 Å². The first-order valence-electron chi connectivity index (χ1n) is 8.15. The molecule has 3 rings (SSSR count). The number of nitro benzene ring substituents is 1. The summed E-state index contributed by atoms with van der Waals surface area (Å²) >= 11 is 0.